The lowest BCUT2D eigenvalue weighted by atomic mass is 10.1. The standard InChI is InChI=1S/C16H20ClNO3S/c1-11(2)8-16(19)18(14-6-7-22(20,21)10-14)13-5-4-12(3)15(17)9-13/h4-7,9,11,14H,8,10H2,1-3H3/t14-/m0/s1. The fraction of sp³-hybridized carbons (Fsp3) is 0.438. The molecule has 1 aliphatic rings. The van der Waals surface area contributed by atoms with Crippen molar-refractivity contribution in [3.8, 4) is 0 Å². The number of amides is 1. The maximum Gasteiger partial charge on any atom is 0.227 e. The Labute approximate surface area is 136 Å². The summed E-state index contributed by atoms with van der Waals surface area (Å²) >= 11 is 6.16. The quantitative estimate of drug-likeness (QED) is 0.844. The van der Waals surface area contributed by atoms with Crippen LogP contribution in [-0.2, 0) is 14.6 Å². The van der Waals surface area contributed by atoms with E-state index in [-0.39, 0.29) is 17.6 Å². The predicted octanol–water partition coefficient (Wildman–Crippen LogP) is 3.34. The van der Waals surface area contributed by atoms with Gasteiger partial charge in [-0.3, -0.25) is 4.79 Å². The lowest BCUT2D eigenvalue weighted by molar-refractivity contribution is -0.119. The van der Waals surface area contributed by atoms with Crippen LogP contribution in [0.1, 0.15) is 25.8 Å². The van der Waals surface area contributed by atoms with Crippen LogP contribution in [-0.4, -0.2) is 26.1 Å². The van der Waals surface area contributed by atoms with E-state index >= 15 is 0 Å². The number of carbonyl (C=O) groups excluding carboxylic acids is 1. The normalized spacial score (nSPS) is 19.6. The summed E-state index contributed by atoms with van der Waals surface area (Å²) in [5.74, 6) is 0.0158. The summed E-state index contributed by atoms with van der Waals surface area (Å²) in [6, 6.07) is 4.88. The second-order valence-corrected chi connectivity index (χ2v) is 8.36. The number of hydrogen-bond donors (Lipinski definition) is 0. The van der Waals surface area contributed by atoms with Gasteiger partial charge in [-0.1, -0.05) is 31.5 Å². The molecule has 120 valence electrons. The smallest absolute Gasteiger partial charge is 0.227 e. The summed E-state index contributed by atoms with van der Waals surface area (Å²) in [7, 11) is -3.24. The van der Waals surface area contributed by atoms with E-state index < -0.39 is 15.9 Å². The molecule has 4 nitrogen and oxygen atoms in total. The van der Waals surface area contributed by atoms with Crippen LogP contribution in [0.4, 0.5) is 5.69 Å². The number of nitrogens with zero attached hydrogens (tertiary/aromatic N) is 1. The van der Waals surface area contributed by atoms with E-state index in [1.165, 1.54) is 5.41 Å². The molecule has 6 heteroatoms. The molecule has 0 fully saturated rings. The fourth-order valence-corrected chi connectivity index (χ4v) is 3.86. The second-order valence-electron chi connectivity index (χ2n) is 6.02. The van der Waals surface area contributed by atoms with Crippen LogP contribution in [0, 0.1) is 12.8 Å². The second kappa shape index (κ2) is 6.42. The maximum atomic E-state index is 12.6. The van der Waals surface area contributed by atoms with Gasteiger partial charge in [-0.2, -0.15) is 0 Å². The lowest BCUT2D eigenvalue weighted by Crippen LogP contribution is -2.41. The average Bonchev–Trinajstić information content (AvgIpc) is 2.73. The lowest BCUT2D eigenvalue weighted by Gasteiger charge is -2.28. The van der Waals surface area contributed by atoms with Crippen molar-refractivity contribution in [2.45, 2.75) is 33.2 Å². The third-order valence-corrected chi connectivity index (χ3v) is 5.31. The molecule has 0 N–H and O–H groups in total. The van der Waals surface area contributed by atoms with Crippen LogP contribution in [0.3, 0.4) is 0 Å². The van der Waals surface area contributed by atoms with Gasteiger partial charge < -0.3 is 4.90 Å². The van der Waals surface area contributed by atoms with E-state index in [2.05, 4.69) is 0 Å². The summed E-state index contributed by atoms with van der Waals surface area (Å²) in [5, 5.41) is 1.74. The highest BCUT2D eigenvalue weighted by atomic mass is 35.5. The van der Waals surface area contributed by atoms with Gasteiger partial charge in [0.1, 0.15) is 0 Å². The number of benzene rings is 1. The summed E-state index contributed by atoms with van der Waals surface area (Å²) in [5.41, 5.74) is 1.55. The third kappa shape index (κ3) is 3.90. The Kier molecular flexibility index (Phi) is 4.97. The zero-order valence-electron chi connectivity index (χ0n) is 12.9. The Morgan fingerprint density at radius 1 is 1.41 bits per heavy atom. The fourth-order valence-electron chi connectivity index (χ4n) is 2.42. The van der Waals surface area contributed by atoms with Gasteiger partial charge in [0, 0.05) is 22.5 Å². The topological polar surface area (TPSA) is 54.5 Å². The molecule has 0 spiro atoms. The summed E-state index contributed by atoms with van der Waals surface area (Å²) in [6.07, 6.45) is 1.93. The predicted molar refractivity (Wildman–Crippen MR) is 89.8 cm³/mol. The van der Waals surface area contributed by atoms with E-state index in [1.807, 2.05) is 26.8 Å². The van der Waals surface area contributed by atoms with Gasteiger partial charge in [0.25, 0.3) is 0 Å². The van der Waals surface area contributed by atoms with Crippen molar-refractivity contribution < 1.29 is 13.2 Å². The van der Waals surface area contributed by atoms with Crippen LogP contribution >= 0.6 is 11.6 Å². The first-order chi connectivity index (χ1) is 10.2. The molecule has 0 radical (unpaired) electrons. The van der Waals surface area contributed by atoms with Gasteiger partial charge in [0.05, 0.1) is 11.8 Å². The summed E-state index contributed by atoms with van der Waals surface area (Å²) in [6.45, 7) is 5.80. The van der Waals surface area contributed by atoms with Crippen LogP contribution in [0.25, 0.3) is 0 Å². The van der Waals surface area contributed by atoms with Gasteiger partial charge in [0.2, 0.25) is 5.91 Å². The zero-order chi connectivity index (χ0) is 16.5. The summed E-state index contributed by atoms with van der Waals surface area (Å²) in [4.78, 5) is 14.2. The Hall–Kier alpha value is -1.33. The number of rotatable bonds is 4. The van der Waals surface area contributed by atoms with Crippen LogP contribution in [0.5, 0.6) is 0 Å². The zero-order valence-corrected chi connectivity index (χ0v) is 14.5. The first kappa shape index (κ1) is 17.0. The molecule has 1 aromatic carbocycles. The van der Waals surface area contributed by atoms with Crippen molar-refractivity contribution in [1.82, 2.24) is 0 Å². The monoisotopic (exact) mass is 341 g/mol. The number of hydrogen-bond acceptors (Lipinski definition) is 3. The molecule has 1 amide bonds. The van der Waals surface area contributed by atoms with Crippen LogP contribution < -0.4 is 4.90 Å². The maximum absolute atomic E-state index is 12.6. The molecule has 1 heterocycles. The number of aryl methyl sites for hydroxylation is 1. The van der Waals surface area contributed by atoms with Crippen LogP contribution in [0.15, 0.2) is 29.7 Å². The third-order valence-electron chi connectivity index (χ3n) is 3.53. The largest absolute Gasteiger partial charge is 0.304 e. The van der Waals surface area contributed by atoms with Gasteiger partial charge in [-0.25, -0.2) is 8.42 Å². The average molecular weight is 342 g/mol. The molecule has 0 unspecified atom stereocenters. The number of anilines is 1. The minimum atomic E-state index is -3.24. The SMILES string of the molecule is Cc1ccc(N(C(=O)CC(C)C)[C@H]2C=CS(=O)(=O)C2)cc1Cl. The van der Waals surface area contributed by atoms with Crippen molar-refractivity contribution in [3.05, 3.63) is 40.3 Å². The van der Waals surface area contributed by atoms with E-state index in [4.69, 9.17) is 11.6 Å². The molecule has 0 bridgehead atoms. The van der Waals surface area contributed by atoms with Crippen molar-refractivity contribution >= 4 is 33.0 Å². The first-order valence-electron chi connectivity index (χ1n) is 7.19. The Balaban J connectivity index is 2.39. The molecule has 0 saturated carbocycles. The Morgan fingerprint density at radius 3 is 2.59 bits per heavy atom. The van der Waals surface area contributed by atoms with Gasteiger partial charge in [-0.15, -0.1) is 0 Å². The molecule has 0 aromatic heterocycles. The molecule has 0 saturated heterocycles. The van der Waals surface area contributed by atoms with E-state index in [0.717, 1.165) is 5.56 Å². The first-order valence-corrected chi connectivity index (χ1v) is 9.28. The highest BCUT2D eigenvalue weighted by Crippen LogP contribution is 2.28. The van der Waals surface area contributed by atoms with Crippen molar-refractivity contribution in [2.75, 3.05) is 10.7 Å². The molecule has 1 aliphatic heterocycles. The number of halogens is 1. The molecular formula is C16H20ClNO3S. The van der Waals surface area contributed by atoms with E-state index in [0.29, 0.717) is 17.1 Å². The molecule has 0 aliphatic carbocycles. The molecule has 22 heavy (non-hydrogen) atoms. The molecule has 1 aromatic rings. The minimum Gasteiger partial charge on any atom is -0.304 e. The van der Waals surface area contributed by atoms with Gasteiger partial charge in [-0.05, 0) is 36.6 Å². The van der Waals surface area contributed by atoms with Crippen molar-refractivity contribution in [3.63, 3.8) is 0 Å². The molecule has 1 atom stereocenters. The Bertz CT molecular complexity index is 710. The van der Waals surface area contributed by atoms with Crippen molar-refractivity contribution in [1.29, 1.82) is 0 Å². The van der Waals surface area contributed by atoms with E-state index in [1.54, 1.807) is 23.1 Å². The molecular weight excluding hydrogens is 322 g/mol. The molecule has 2 rings (SSSR count). The van der Waals surface area contributed by atoms with Crippen LogP contribution in [0.2, 0.25) is 5.02 Å². The minimum absolute atomic E-state index is 0.0810. The number of sulfone groups is 1. The van der Waals surface area contributed by atoms with Gasteiger partial charge in [0.15, 0.2) is 9.84 Å². The highest BCUT2D eigenvalue weighted by Gasteiger charge is 2.31. The van der Waals surface area contributed by atoms with Crippen molar-refractivity contribution in [2.24, 2.45) is 5.92 Å². The number of carbonyl (C=O) groups is 1. The summed E-state index contributed by atoms with van der Waals surface area (Å²) < 4.78 is 23.4. The Morgan fingerprint density at radius 2 is 2.09 bits per heavy atom. The van der Waals surface area contributed by atoms with E-state index in [9.17, 15) is 13.2 Å². The van der Waals surface area contributed by atoms with Gasteiger partial charge >= 0.3 is 0 Å². The highest BCUT2D eigenvalue weighted by molar-refractivity contribution is 7.94.